The van der Waals surface area contributed by atoms with Crippen LogP contribution in [0.3, 0.4) is 0 Å². The predicted octanol–water partition coefficient (Wildman–Crippen LogP) is 4.14. The second-order valence-corrected chi connectivity index (χ2v) is 7.87. The van der Waals surface area contributed by atoms with E-state index < -0.39 is 0 Å². The highest BCUT2D eigenvalue weighted by atomic mass is 16.5. The molecule has 0 aliphatic rings. The van der Waals surface area contributed by atoms with Gasteiger partial charge in [0.05, 0.1) is 36.2 Å². The average Bonchev–Trinajstić information content (AvgIpc) is 2.89. The molecule has 0 radical (unpaired) electrons. The first kappa shape index (κ1) is 20.8. The van der Waals surface area contributed by atoms with Crippen LogP contribution in [-0.4, -0.2) is 16.6 Å². The molecule has 0 saturated carbocycles. The number of hydrogen-bond donors (Lipinski definition) is 1. The van der Waals surface area contributed by atoms with Gasteiger partial charge in [0.15, 0.2) is 11.9 Å². The van der Waals surface area contributed by atoms with Crippen molar-refractivity contribution in [1.29, 1.82) is 0 Å². The zero-order valence-corrected chi connectivity index (χ0v) is 18.4. The molecular formula is C28H26N4O+2. The van der Waals surface area contributed by atoms with Gasteiger partial charge in [0.25, 0.3) is 0 Å². The van der Waals surface area contributed by atoms with Crippen LogP contribution in [0.1, 0.15) is 11.3 Å². The van der Waals surface area contributed by atoms with Gasteiger partial charge in [0.1, 0.15) is 0 Å². The minimum atomic E-state index is 0.529. The molecule has 162 valence electrons. The predicted molar refractivity (Wildman–Crippen MR) is 129 cm³/mol. The van der Waals surface area contributed by atoms with E-state index in [1.54, 1.807) is 6.20 Å². The van der Waals surface area contributed by atoms with E-state index in [1.807, 2.05) is 42.6 Å². The van der Waals surface area contributed by atoms with Gasteiger partial charge in [-0.2, -0.15) is 0 Å². The van der Waals surface area contributed by atoms with Crippen LogP contribution in [0.5, 0.6) is 5.88 Å². The normalized spacial score (nSPS) is 10.9. The highest BCUT2D eigenvalue weighted by Crippen LogP contribution is 2.35. The second-order valence-electron chi connectivity index (χ2n) is 7.87. The molecule has 0 amide bonds. The van der Waals surface area contributed by atoms with Crippen LogP contribution in [0.25, 0.3) is 33.3 Å². The number of nitrogens with zero attached hydrogens (tertiary/aromatic N) is 2. The number of quaternary nitrogens is 1. The molecule has 3 aromatic heterocycles. The number of ether oxygens (including phenoxy) is 1. The van der Waals surface area contributed by atoms with Crippen molar-refractivity contribution in [3.8, 4) is 28.3 Å². The number of aromatic nitrogens is 3. The molecule has 0 spiro atoms. The molecule has 5 nitrogen and oxygen atoms in total. The van der Waals surface area contributed by atoms with Crippen molar-refractivity contribution < 1.29 is 15.5 Å². The highest BCUT2D eigenvalue weighted by Gasteiger charge is 2.15. The zero-order chi connectivity index (χ0) is 22.5. The fourth-order valence-electron chi connectivity index (χ4n) is 3.92. The van der Waals surface area contributed by atoms with E-state index in [1.165, 1.54) is 5.56 Å². The average molecular weight is 435 g/mol. The molecule has 4 N–H and O–H groups in total. The minimum Gasteiger partial charge on any atom is -0.477 e. The first-order valence-corrected chi connectivity index (χ1v) is 11.1. The fraction of sp³-hybridized carbons (Fsp3) is 0.107. The molecule has 3 heterocycles. The van der Waals surface area contributed by atoms with Crippen molar-refractivity contribution in [2.75, 3.05) is 6.61 Å². The second kappa shape index (κ2) is 9.59. The Morgan fingerprint density at radius 2 is 1.67 bits per heavy atom. The van der Waals surface area contributed by atoms with Gasteiger partial charge in [-0.25, -0.2) is 15.0 Å². The third-order valence-corrected chi connectivity index (χ3v) is 5.69. The molecule has 0 aliphatic heterocycles. The Morgan fingerprint density at radius 3 is 2.42 bits per heavy atom. The molecule has 2 aromatic carbocycles. The number of aromatic amines is 1. The molecule has 5 heteroatoms. The number of hydrogen-bond acceptors (Lipinski definition) is 3. The summed E-state index contributed by atoms with van der Waals surface area (Å²) in [6, 6.07) is 29.0. The van der Waals surface area contributed by atoms with Crippen molar-refractivity contribution in [3.63, 3.8) is 0 Å². The van der Waals surface area contributed by atoms with Crippen LogP contribution >= 0.6 is 0 Å². The Balaban J connectivity index is 1.56. The topological polar surface area (TPSA) is 76.8 Å². The lowest BCUT2D eigenvalue weighted by atomic mass is 9.97. The molecular weight excluding hydrogens is 408 g/mol. The fourth-order valence-corrected chi connectivity index (χ4v) is 3.92. The van der Waals surface area contributed by atoms with Crippen molar-refractivity contribution in [3.05, 3.63) is 109 Å². The highest BCUT2D eigenvalue weighted by molar-refractivity contribution is 5.93. The van der Waals surface area contributed by atoms with Crippen molar-refractivity contribution in [1.82, 2.24) is 9.97 Å². The van der Waals surface area contributed by atoms with Gasteiger partial charge in [0.2, 0.25) is 5.88 Å². The van der Waals surface area contributed by atoms with E-state index in [9.17, 15) is 0 Å². The van der Waals surface area contributed by atoms with Crippen LogP contribution < -0.4 is 15.5 Å². The Morgan fingerprint density at radius 1 is 0.848 bits per heavy atom. The lowest BCUT2D eigenvalue weighted by molar-refractivity contribution is -0.390. The van der Waals surface area contributed by atoms with Crippen LogP contribution in [0, 0.1) is 0 Å². The van der Waals surface area contributed by atoms with Crippen molar-refractivity contribution in [2.45, 2.75) is 13.0 Å². The zero-order valence-electron chi connectivity index (χ0n) is 18.4. The largest absolute Gasteiger partial charge is 0.477 e. The quantitative estimate of drug-likeness (QED) is 0.418. The van der Waals surface area contributed by atoms with Crippen LogP contribution in [-0.2, 0) is 13.0 Å². The van der Waals surface area contributed by atoms with Gasteiger partial charge < -0.3 is 10.5 Å². The van der Waals surface area contributed by atoms with E-state index in [0.29, 0.717) is 12.5 Å². The number of benzene rings is 2. The first-order chi connectivity index (χ1) is 16.3. The first-order valence-electron chi connectivity index (χ1n) is 11.1. The van der Waals surface area contributed by atoms with Gasteiger partial charge in [0, 0.05) is 35.0 Å². The summed E-state index contributed by atoms with van der Waals surface area (Å²) >= 11 is 0. The summed E-state index contributed by atoms with van der Waals surface area (Å²) in [6.07, 6.45) is 4.46. The van der Waals surface area contributed by atoms with E-state index in [-0.39, 0.29) is 0 Å². The van der Waals surface area contributed by atoms with Gasteiger partial charge in [-0.3, -0.25) is 0 Å². The maximum atomic E-state index is 6.11. The smallest absolute Gasteiger partial charge is 0.222 e. The van der Waals surface area contributed by atoms with Crippen molar-refractivity contribution >= 4 is 10.9 Å². The summed E-state index contributed by atoms with van der Waals surface area (Å²) in [5.41, 5.74) is 11.4. The third kappa shape index (κ3) is 4.59. The summed E-state index contributed by atoms with van der Waals surface area (Å²) in [5.74, 6) is 0.604. The van der Waals surface area contributed by atoms with Gasteiger partial charge in [-0.15, -0.1) is 0 Å². The lowest BCUT2D eigenvalue weighted by Crippen LogP contribution is -2.47. The van der Waals surface area contributed by atoms with Crippen LogP contribution in [0.2, 0.25) is 0 Å². The molecule has 0 unspecified atom stereocenters. The summed E-state index contributed by atoms with van der Waals surface area (Å²) in [7, 11) is 0. The molecule has 0 atom stereocenters. The Labute approximate surface area is 192 Å². The Kier molecular flexibility index (Phi) is 6.04. The molecule has 0 fully saturated rings. The number of fused-ring (bicyclic) bond motifs is 1. The molecule has 0 aliphatic carbocycles. The summed E-state index contributed by atoms with van der Waals surface area (Å²) < 4.78 is 6.11. The monoisotopic (exact) mass is 434 g/mol. The SMILES string of the molecule is [NH3+]Cc1ccc(-c2nc3ccnc(OCCc4cccc[nH+]4)c3cc2-c2ccccc2)cc1. The number of rotatable bonds is 7. The molecule has 5 aromatic rings. The summed E-state index contributed by atoms with van der Waals surface area (Å²) in [5, 5.41) is 0.909. The standard InChI is InChI=1S/C28H24N4O/c29-19-20-9-11-22(12-10-20)27-24(21-6-2-1-3-7-21)18-25-26(32-27)13-16-31-28(25)33-17-14-23-8-4-5-15-30-23/h1-13,15-16,18H,14,17,19,29H2/p+2. The van der Waals surface area contributed by atoms with Gasteiger partial charge in [-0.05, 0) is 17.7 Å². The molecule has 33 heavy (non-hydrogen) atoms. The van der Waals surface area contributed by atoms with Gasteiger partial charge >= 0.3 is 0 Å². The maximum absolute atomic E-state index is 6.11. The number of H-pyrrole nitrogens is 1. The number of nitrogens with one attached hydrogen (secondary N) is 1. The van der Waals surface area contributed by atoms with Crippen LogP contribution in [0.4, 0.5) is 0 Å². The Hall–Kier alpha value is -4.09. The van der Waals surface area contributed by atoms with E-state index in [2.05, 4.69) is 64.2 Å². The summed E-state index contributed by atoms with van der Waals surface area (Å²) in [4.78, 5) is 12.8. The lowest BCUT2D eigenvalue weighted by Gasteiger charge is -2.14. The third-order valence-electron chi connectivity index (χ3n) is 5.69. The van der Waals surface area contributed by atoms with E-state index in [4.69, 9.17) is 9.72 Å². The maximum Gasteiger partial charge on any atom is 0.222 e. The summed E-state index contributed by atoms with van der Waals surface area (Å²) in [6.45, 7) is 1.30. The van der Waals surface area contributed by atoms with Gasteiger partial charge in [-0.1, -0.05) is 60.7 Å². The Bertz CT molecular complexity index is 1350. The number of pyridine rings is 3. The van der Waals surface area contributed by atoms with Crippen molar-refractivity contribution in [2.24, 2.45) is 0 Å². The molecule has 0 saturated heterocycles. The minimum absolute atomic E-state index is 0.529. The van der Waals surface area contributed by atoms with E-state index >= 15 is 0 Å². The van der Waals surface area contributed by atoms with E-state index in [0.717, 1.165) is 51.9 Å². The molecule has 5 rings (SSSR count). The molecule has 0 bridgehead atoms. The van der Waals surface area contributed by atoms with Crippen LogP contribution in [0.15, 0.2) is 97.3 Å².